The van der Waals surface area contributed by atoms with Crippen LogP contribution in [0, 0.1) is 0 Å². The Hall–Kier alpha value is -2.41. The average molecular weight is 343 g/mol. The predicted molar refractivity (Wildman–Crippen MR) is 91.7 cm³/mol. The van der Waals surface area contributed by atoms with E-state index < -0.39 is 18.2 Å². The molecule has 3 rings (SSSR count). The molecule has 1 fully saturated rings. The van der Waals surface area contributed by atoms with Crippen LogP contribution >= 0.6 is 0 Å². The fourth-order valence-electron chi connectivity index (χ4n) is 2.77. The third-order valence-electron chi connectivity index (χ3n) is 4.13. The molecule has 2 aromatic rings. The van der Waals surface area contributed by atoms with Crippen LogP contribution in [0.2, 0.25) is 0 Å². The summed E-state index contributed by atoms with van der Waals surface area (Å²) in [5.41, 5.74) is 0.438. The lowest BCUT2D eigenvalue weighted by Gasteiger charge is -2.34. The Morgan fingerprint density at radius 2 is 1.92 bits per heavy atom. The van der Waals surface area contributed by atoms with Crippen molar-refractivity contribution in [3.63, 3.8) is 0 Å². The first-order valence-corrected chi connectivity index (χ1v) is 8.22. The van der Waals surface area contributed by atoms with Gasteiger partial charge < -0.3 is 25.0 Å². The number of aliphatic hydroxyl groups is 2. The predicted octanol–water partition coefficient (Wildman–Crippen LogP) is 1.72. The van der Waals surface area contributed by atoms with E-state index in [1.54, 1.807) is 24.3 Å². The van der Waals surface area contributed by atoms with E-state index in [9.17, 15) is 15.0 Å². The molecule has 1 aliphatic rings. The zero-order chi connectivity index (χ0) is 17.6. The van der Waals surface area contributed by atoms with Gasteiger partial charge >= 0.3 is 0 Å². The first-order valence-electron chi connectivity index (χ1n) is 8.22. The van der Waals surface area contributed by atoms with Crippen LogP contribution in [-0.4, -0.2) is 47.6 Å². The molecule has 1 amide bonds. The highest BCUT2D eigenvalue weighted by Crippen LogP contribution is 2.22. The standard InChI is InChI=1S/C19H21NO5/c21-12-17-18(22)16(9-10-24-17)20-19(23)13-5-4-8-15(11-13)25-14-6-2-1-3-7-14/h1-8,11,16-18,21-22H,9-10,12H2,(H,20,23)/t16-,17+,18-/m0/s1. The van der Waals surface area contributed by atoms with Crippen LogP contribution in [0.25, 0.3) is 0 Å². The summed E-state index contributed by atoms with van der Waals surface area (Å²) >= 11 is 0. The fourth-order valence-corrected chi connectivity index (χ4v) is 2.77. The van der Waals surface area contributed by atoms with E-state index >= 15 is 0 Å². The number of hydrogen-bond donors (Lipinski definition) is 3. The molecule has 0 spiro atoms. The number of benzene rings is 2. The number of aliphatic hydroxyl groups excluding tert-OH is 2. The molecule has 0 aromatic heterocycles. The van der Waals surface area contributed by atoms with Gasteiger partial charge in [-0.15, -0.1) is 0 Å². The van der Waals surface area contributed by atoms with Crippen LogP contribution in [0.4, 0.5) is 0 Å². The number of hydrogen-bond acceptors (Lipinski definition) is 5. The molecule has 0 bridgehead atoms. The summed E-state index contributed by atoms with van der Waals surface area (Å²) in [6.45, 7) is 0.0956. The molecular weight excluding hydrogens is 322 g/mol. The van der Waals surface area contributed by atoms with Crippen molar-refractivity contribution in [2.75, 3.05) is 13.2 Å². The third-order valence-corrected chi connectivity index (χ3v) is 4.13. The molecule has 3 atom stereocenters. The van der Waals surface area contributed by atoms with Crippen molar-refractivity contribution in [2.45, 2.75) is 24.7 Å². The van der Waals surface area contributed by atoms with Crippen molar-refractivity contribution < 1.29 is 24.5 Å². The van der Waals surface area contributed by atoms with Gasteiger partial charge in [-0.25, -0.2) is 0 Å². The van der Waals surface area contributed by atoms with Gasteiger partial charge in [0, 0.05) is 12.2 Å². The third kappa shape index (κ3) is 4.36. The van der Waals surface area contributed by atoms with Gasteiger partial charge in [0.1, 0.15) is 23.7 Å². The lowest BCUT2D eigenvalue weighted by Crippen LogP contribution is -2.54. The van der Waals surface area contributed by atoms with Gasteiger partial charge in [0.05, 0.1) is 12.6 Å². The Bertz CT molecular complexity index is 706. The van der Waals surface area contributed by atoms with Gasteiger partial charge in [-0.05, 0) is 36.8 Å². The number of carbonyl (C=O) groups is 1. The number of nitrogens with one attached hydrogen (secondary N) is 1. The van der Waals surface area contributed by atoms with Crippen molar-refractivity contribution in [3.8, 4) is 11.5 Å². The smallest absolute Gasteiger partial charge is 0.251 e. The molecule has 0 unspecified atom stereocenters. The maximum atomic E-state index is 12.5. The second-order valence-electron chi connectivity index (χ2n) is 5.89. The Kier molecular flexibility index (Phi) is 5.65. The first kappa shape index (κ1) is 17.4. The van der Waals surface area contributed by atoms with Crippen LogP contribution in [0.5, 0.6) is 11.5 Å². The van der Waals surface area contributed by atoms with Crippen molar-refractivity contribution in [1.82, 2.24) is 5.32 Å². The lowest BCUT2D eigenvalue weighted by atomic mass is 9.99. The molecule has 25 heavy (non-hydrogen) atoms. The van der Waals surface area contributed by atoms with Gasteiger partial charge in [-0.2, -0.15) is 0 Å². The summed E-state index contributed by atoms with van der Waals surface area (Å²) in [6, 6.07) is 15.7. The van der Waals surface area contributed by atoms with Crippen LogP contribution in [0.3, 0.4) is 0 Å². The monoisotopic (exact) mass is 343 g/mol. The molecule has 1 saturated heterocycles. The highest BCUT2D eigenvalue weighted by Gasteiger charge is 2.33. The number of carbonyl (C=O) groups excluding carboxylic acids is 1. The van der Waals surface area contributed by atoms with Crippen molar-refractivity contribution in [2.24, 2.45) is 0 Å². The van der Waals surface area contributed by atoms with Crippen molar-refractivity contribution >= 4 is 5.91 Å². The first-order chi connectivity index (χ1) is 12.2. The molecule has 1 aliphatic heterocycles. The van der Waals surface area contributed by atoms with Gasteiger partial charge in [-0.3, -0.25) is 4.79 Å². The fraction of sp³-hybridized carbons (Fsp3) is 0.316. The number of rotatable bonds is 5. The topological polar surface area (TPSA) is 88.0 Å². The molecule has 0 saturated carbocycles. The van der Waals surface area contributed by atoms with Crippen LogP contribution in [0.15, 0.2) is 54.6 Å². The summed E-state index contributed by atoms with van der Waals surface area (Å²) in [5, 5.41) is 22.1. The zero-order valence-corrected chi connectivity index (χ0v) is 13.7. The maximum absolute atomic E-state index is 12.5. The van der Waals surface area contributed by atoms with Crippen LogP contribution < -0.4 is 10.1 Å². The minimum absolute atomic E-state index is 0.284. The van der Waals surface area contributed by atoms with E-state index in [-0.39, 0.29) is 12.5 Å². The summed E-state index contributed by atoms with van der Waals surface area (Å²) in [5.74, 6) is 0.937. The minimum Gasteiger partial charge on any atom is -0.457 e. The van der Waals surface area contributed by atoms with Gasteiger partial charge in [0.25, 0.3) is 5.91 Å². The second-order valence-corrected chi connectivity index (χ2v) is 5.89. The highest BCUT2D eigenvalue weighted by atomic mass is 16.5. The quantitative estimate of drug-likeness (QED) is 0.769. The highest BCUT2D eigenvalue weighted by molar-refractivity contribution is 5.94. The number of para-hydroxylation sites is 1. The van der Waals surface area contributed by atoms with Gasteiger partial charge in [0.15, 0.2) is 0 Å². The second kappa shape index (κ2) is 8.11. The van der Waals surface area contributed by atoms with E-state index in [4.69, 9.17) is 9.47 Å². The van der Waals surface area contributed by atoms with E-state index in [0.29, 0.717) is 30.1 Å². The van der Waals surface area contributed by atoms with E-state index in [0.717, 1.165) is 0 Å². The number of amides is 1. The van der Waals surface area contributed by atoms with Crippen LogP contribution in [-0.2, 0) is 4.74 Å². The number of ether oxygens (including phenoxy) is 2. The van der Waals surface area contributed by atoms with Gasteiger partial charge in [0.2, 0.25) is 0 Å². The average Bonchev–Trinajstić information content (AvgIpc) is 2.64. The van der Waals surface area contributed by atoms with Crippen molar-refractivity contribution in [1.29, 1.82) is 0 Å². The van der Waals surface area contributed by atoms with E-state index in [2.05, 4.69) is 5.32 Å². The zero-order valence-electron chi connectivity index (χ0n) is 13.7. The molecule has 0 radical (unpaired) electrons. The maximum Gasteiger partial charge on any atom is 0.251 e. The van der Waals surface area contributed by atoms with E-state index in [1.807, 2.05) is 30.3 Å². The molecule has 6 nitrogen and oxygen atoms in total. The molecule has 6 heteroatoms. The minimum atomic E-state index is -0.938. The lowest BCUT2D eigenvalue weighted by molar-refractivity contribution is -0.107. The Labute approximate surface area is 146 Å². The Morgan fingerprint density at radius 3 is 2.68 bits per heavy atom. The summed E-state index contributed by atoms with van der Waals surface area (Å²) in [4.78, 5) is 12.5. The normalized spacial score (nSPS) is 23.0. The van der Waals surface area contributed by atoms with Crippen molar-refractivity contribution in [3.05, 3.63) is 60.2 Å². The SMILES string of the molecule is O=C(N[C@H]1CCO[C@H](CO)[C@H]1O)c1cccc(Oc2ccccc2)c1. The molecular formula is C19H21NO5. The molecule has 2 aromatic carbocycles. The largest absolute Gasteiger partial charge is 0.457 e. The molecule has 132 valence electrons. The molecule has 0 aliphatic carbocycles. The van der Waals surface area contributed by atoms with E-state index in [1.165, 1.54) is 0 Å². The Morgan fingerprint density at radius 1 is 1.16 bits per heavy atom. The summed E-state index contributed by atoms with van der Waals surface area (Å²) in [7, 11) is 0. The van der Waals surface area contributed by atoms with Gasteiger partial charge in [-0.1, -0.05) is 24.3 Å². The molecule has 1 heterocycles. The summed E-state index contributed by atoms with van der Waals surface area (Å²) in [6.07, 6.45) is -1.12. The molecule has 3 N–H and O–H groups in total. The van der Waals surface area contributed by atoms with Crippen LogP contribution in [0.1, 0.15) is 16.8 Å². The summed E-state index contributed by atoms with van der Waals surface area (Å²) < 4.78 is 11.0. The Balaban J connectivity index is 1.67.